The fourth-order valence-corrected chi connectivity index (χ4v) is 3.51. The van der Waals surface area contributed by atoms with Gasteiger partial charge in [0, 0.05) is 29.1 Å². The Morgan fingerprint density at radius 1 is 1.17 bits per heavy atom. The Morgan fingerprint density at radius 2 is 1.90 bits per heavy atom. The van der Waals surface area contributed by atoms with Gasteiger partial charge in [0.05, 0.1) is 20.4 Å². The van der Waals surface area contributed by atoms with E-state index in [0.717, 1.165) is 43.1 Å². The van der Waals surface area contributed by atoms with E-state index >= 15 is 0 Å². The monoisotopic (exact) mass is 415 g/mol. The van der Waals surface area contributed by atoms with Gasteiger partial charge >= 0.3 is 0 Å². The SMILES string of the molecule is COc1ccc(/C=N/NC(=O)C2CCN(Cc3ccc(Cl)cc3)CC2)c(OC)c1. The molecular formula is C22H26ClN3O3. The lowest BCUT2D eigenvalue weighted by atomic mass is 9.96. The van der Waals surface area contributed by atoms with Crippen LogP contribution in [0.25, 0.3) is 0 Å². The van der Waals surface area contributed by atoms with Crippen molar-refractivity contribution < 1.29 is 14.3 Å². The van der Waals surface area contributed by atoms with E-state index in [4.69, 9.17) is 21.1 Å². The number of methoxy groups -OCH3 is 2. The molecule has 0 saturated carbocycles. The Morgan fingerprint density at radius 3 is 2.55 bits per heavy atom. The summed E-state index contributed by atoms with van der Waals surface area (Å²) in [5.41, 5.74) is 4.66. The van der Waals surface area contributed by atoms with Gasteiger partial charge in [0.1, 0.15) is 11.5 Å². The number of nitrogens with zero attached hydrogens (tertiary/aromatic N) is 2. The number of benzene rings is 2. The highest BCUT2D eigenvalue weighted by Gasteiger charge is 2.24. The third kappa shape index (κ3) is 5.95. The van der Waals surface area contributed by atoms with Crippen LogP contribution in [-0.4, -0.2) is 44.3 Å². The van der Waals surface area contributed by atoms with E-state index in [0.29, 0.717) is 11.5 Å². The van der Waals surface area contributed by atoms with Gasteiger partial charge in [-0.05, 0) is 55.8 Å². The van der Waals surface area contributed by atoms with Crippen molar-refractivity contribution in [1.29, 1.82) is 0 Å². The maximum atomic E-state index is 12.4. The summed E-state index contributed by atoms with van der Waals surface area (Å²) in [7, 11) is 3.19. The van der Waals surface area contributed by atoms with Crippen molar-refractivity contribution in [2.24, 2.45) is 11.0 Å². The van der Waals surface area contributed by atoms with Gasteiger partial charge in [0.2, 0.25) is 5.91 Å². The van der Waals surface area contributed by atoms with Crippen molar-refractivity contribution in [2.45, 2.75) is 19.4 Å². The third-order valence-electron chi connectivity index (χ3n) is 5.10. The van der Waals surface area contributed by atoms with Crippen LogP contribution in [0.5, 0.6) is 11.5 Å². The minimum absolute atomic E-state index is 0.0219. The Balaban J connectivity index is 1.47. The zero-order valence-electron chi connectivity index (χ0n) is 16.7. The second kappa shape index (κ2) is 10.3. The zero-order valence-corrected chi connectivity index (χ0v) is 17.5. The fourth-order valence-electron chi connectivity index (χ4n) is 3.38. The van der Waals surface area contributed by atoms with Crippen LogP contribution in [0, 0.1) is 5.92 Å². The number of nitrogens with one attached hydrogen (secondary N) is 1. The summed E-state index contributed by atoms with van der Waals surface area (Å²) in [6, 6.07) is 13.3. The van der Waals surface area contributed by atoms with Crippen molar-refractivity contribution >= 4 is 23.7 Å². The van der Waals surface area contributed by atoms with Crippen LogP contribution >= 0.6 is 11.6 Å². The van der Waals surface area contributed by atoms with Gasteiger partial charge in [-0.1, -0.05) is 23.7 Å². The van der Waals surface area contributed by atoms with Gasteiger partial charge in [-0.15, -0.1) is 0 Å². The van der Waals surface area contributed by atoms with Crippen LogP contribution in [0.2, 0.25) is 5.02 Å². The van der Waals surface area contributed by atoms with Gasteiger partial charge in [0.15, 0.2) is 0 Å². The smallest absolute Gasteiger partial charge is 0.243 e. The summed E-state index contributed by atoms with van der Waals surface area (Å²) in [6.45, 7) is 2.65. The van der Waals surface area contributed by atoms with Crippen molar-refractivity contribution in [3.8, 4) is 11.5 Å². The third-order valence-corrected chi connectivity index (χ3v) is 5.35. The number of carbonyl (C=O) groups is 1. The van der Waals surface area contributed by atoms with Crippen LogP contribution in [0.3, 0.4) is 0 Å². The van der Waals surface area contributed by atoms with Gasteiger partial charge < -0.3 is 9.47 Å². The average molecular weight is 416 g/mol. The molecule has 0 aromatic heterocycles. The fraction of sp³-hybridized carbons (Fsp3) is 0.364. The summed E-state index contributed by atoms with van der Waals surface area (Å²) in [6.07, 6.45) is 3.23. The summed E-state index contributed by atoms with van der Waals surface area (Å²) < 4.78 is 10.5. The number of hydrogen-bond acceptors (Lipinski definition) is 5. The van der Waals surface area contributed by atoms with Crippen LogP contribution in [0.15, 0.2) is 47.6 Å². The molecule has 0 unspecified atom stereocenters. The molecule has 6 nitrogen and oxygen atoms in total. The number of hydrazone groups is 1. The molecule has 0 atom stereocenters. The van der Waals surface area contributed by atoms with E-state index in [1.54, 1.807) is 26.5 Å². The first-order valence-corrected chi connectivity index (χ1v) is 9.98. The van der Waals surface area contributed by atoms with E-state index in [1.165, 1.54) is 5.56 Å². The Kier molecular flexibility index (Phi) is 7.49. The van der Waals surface area contributed by atoms with E-state index in [1.807, 2.05) is 36.4 Å². The maximum Gasteiger partial charge on any atom is 0.243 e. The molecule has 1 aliphatic rings. The molecule has 1 amide bonds. The molecular weight excluding hydrogens is 390 g/mol. The summed E-state index contributed by atoms with van der Waals surface area (Å²) in [4.78, 5) is 14.8. The standard InChI is InChI=1S/C22H26ClN3O3/c1-28-20-8-5-18(21(13-20)29-2)14-24-25-22(27)17-9-11-26(12-10-17)15-16-3-6-19(23)7-4-16/h3-8,13-14,17H,9-12,15H2,1-2H3,(H,25,27)/b24-14+. The van der Waals surface area contributed by atoms with Crippen LogP contribution in [0.4, 0.5) is 0 Å². The number of piperidine rings is 1. The highest BCUT2D eigenvalue weighted by atomic mass is 35.5. The highest BCUT2D eigenvalue weighted by Crippen LogP contribution is 2.23. The first-order valence-electron chi connectivity index (χ1n) is 9.61. The molecule has 7 heteroatoms. The van der Waals surface area contributed by atoms with Gasteiger partial charge in [0.25, 0.3) is 0 Å². The number of amides is 1. The number of halogens is 1. The van der Waals surface area contributed by atoms with Crippen molar-refractivity contribution in [1.82, 2.24) is 10.3 Å². The molecule has 1 fully saturated rings. The van der Waals surface area contributed by atoms with E-state index in [2.05, 4.69) is 15.4 Å². The summed E-state index contributed by atoms with van der Waals surface area (Å²) in [5.74, 6) is 1.28. The number of likely N-dealkylation sites (tertiary alicyclic amines) is 1. The normalized spacial score (nSPS) is 15.4. The largest absolute Gasteiger partial charge is 0.497 e. The molecule has 154 valence electrons. The number of ether oxygens (including phenoxy) is 2. The minimum Gasteiger partial charge on any atom is -0.497 e. The topological polar surface area (TPSA) is 63.2 Å². The lowest BCUT2D eigenvalue weighted by molar-refractivity contribution is -0.126. The molecule has 3 rings (SSSR count). The molecule has 29 heavy (non-hydrogen) atoms. The van der Waals surface area contributed by atoms with Gasteiger partial charge in [-0.2, -0.15) is 5.10 Å². The molecule has 0 aliphatic carbocycles. The van der Waals surface area contributed by atoms with Crippen molar-refractivity contribution in [3.63, 3.8) is 0 Å². The highest BCUT2D eigenvalue weighted by molar-refractivity contribution is 6.30. The van der Waals surface area contributed by atoms with Crippen LogP contribution in [-0.2, 0) is 11.3 Å². The molecule has 0 spiro atoms. The van der Waals surface area contributed by atoms with Gasteiger partial charge in [-0.3, -0.25) is 9.69 Å². The van der Waals surface area contributed by atoms with Crippen LogP contribution in [0.1, 0.15) is 24.0 Å². The predicted molar refractivity (Wildman–Crippen MR) is 115 cm³/mol. The quantitative estimate of drug-likeness (QED) is 0.553. The Bertz CT molecular complexity index is 847. The summed E-state index contributed by atoms with van der Waals surface area (Å²) >= 11 is 5.94. The molecule has 1 saturated heterocycles. The van der Waals surface area contributed by atoms with Gasteiger partial charge in [-0.25, -0.2) is 5.43 Å². The Labute approximate surface area is 176 Å². The minimum atomic E-state index is -0.0418. The number of hydrogen-bond donors (Lipinski definition) is 1. The lowest BCUT2D eigenvalue weighted by Gasteiger charge is -2.30. The predicted octanol–water partition coefficient (Wildman–Crippen LogP) is 3.72. The maximum absolute atomic E-state index is 12.4. The first-order chi connectivity index (χ1) is 14.1. The molecule has 0 bridgehead atoms. The van der Waals surface area contributed by atoms with E-state index < -0.39 is 0 Å². The molecule has 1 aliphatic heterocycles. The number of carbonyl (C=O) groups excluding carboxylic acids is 1. The van der Waals surface area contributed by atoms with Crippen molar-refractivity contribution in [2.75, 3.05) is 27.3 Å². The molecule has 2 aromatic carbocycles. The second-order valence-corrected chi connectivity index (χ2v) is 7.46. The molecule has 1 N–H and O–H groups in total. The zero-order chi connectivity index (χ0) is 20.6. The molecule has 2 aromatic rings. The average Bonchev–Trinajstić information content (AvgIpc) is 2.76. The molecule has 0 radical (unpaired) electrons. The molecule has 1 heterocycles. The summed E-state index contributed by atoms with van der Waals surface area (Å²) in [5, 5.41) is 4.85. The first kappa shape index (κ1) is 21.1. The van der Waals surface area contributed by atoms with Crippen molar-refractivity contribution in [3.05, 3.63) is 58.6 Å². The number of rotatable bonds is 7. The van der Waals surface area contributed by atoms with E-state index in [9.17, 15) is 4.79 Å². The van der Waals surface area contributed by atoms with Crippen LogP contribution < -0.4 is 14.9 Å². The van der Waals surface area contributed by atoms with E-state index in [-0.39, 0.29) is 11.8 Å². The lowest BCUT2D eigenvalue weighted by Crippen LogP contribution is -2.39. The Hall–Kier alpha value is -2.57. The second-order valence-electron chi connectivity index (χ2n) is 7.02.